The number of nitrogens with one attached hydrogen (secondary N) is 1. The molecule has 0 amide bonds. The van der Waals surface area contributed by atoms with E-state index in [0.717, 1.165) is 23.2 Å². The van der Waals surface area contributed by atoms with Gasteiger partial charge in [-0.25, -0.2) is 0 Å². The molecule has 0 radical (unpaired) electrons. The second kappa shape index (κ2) is 5.18. The zero-order valence-corrected chi connectivity index (χ0v) is 11.3. The largest absolute Gasteiger partial charge is 0.397 e. The SMILES string of the molecule is CCC1CCC(Nc2ccc(Cl)cc2N)C1C. The summed E-state index contributed by atoms with van der Waals surface area (Å²) in [6.07, 6.45) is 3.83. The van der Waals surface area contributed by atoms with Gasteiger partial charge in [-0.05, 0) is 42.9 Å². The van der Waals surface area contributed by atoms with Gasteiger partial charge in [0.1, 0.15) is 0 Å². The van der Waals surface area contributed by atoms with Crippen LogP contribution in [0.15, 0.2) is 18.2 Å². The van der Waals surface area contributed by atoms with Crippen LogP contribution in [-0.2, 0) is 0 Å². The van der Waals surface area contributed by atoms with Crippen molar-refractivity contribution in [3.8, 4) is 0 Å². The van der Waals surface area contributed by atoms with E-state index >= 15 is 0 Å². The Bertz CT molecular complexity index is 392. The molecule has 1 aliphatic carbocycles. The molecule has 1 aromatic carbocycles. The molecule has 1 aliphatic rings. The fourth-order valence-electron chi connectivity index (χ4n) is 2.89. The monoisotopic (exact) mass is 252 g/mol. The third-order valence-electron chi connectivity index (χ3n) is 4.11. The van der Waals surface area contributed by atoms with Crippen molar-refractivity contribution in [2.24, 2.45) is 11.8 Å². The minimum Gasteiger partial charge on any atom is -0.397 e. The van der Waals surface area contributed by atoms with Gasteiger partial charge < -0.3 is 11.1 Å². The lowest BCUT2D eigenvalue weighted by atomic mass is 9.93. The summed E-state index contributed by atoms with van der Waals surface area (Å²) in [5.74, 6) is 1.57. The summed E-state index contributed by atoms with van der Waals surface area (Å²) < 4.78 is 0. The second-order valence-corrected chi connectivity index (χ2v) is 5.52. The molecule has 0 saturated heterocycles. The van der Waals surface area contributed by atoms with Gasteiger partial charge in [-0.2, -0.15) is 0 Å². The van der Waals surface area contributed by atoms with Crippen molar-refractivity contribution in [3.05, 3.63) is 23.2 Å². The first-order valence-corrected chi connectivity index (χ1v) is 6.81. The van der Waals surface area contributed by atoms with Gasteiger partial charge >= 0.3 is 0 Å². The quantitative estimate of drug-likeness (QED) is 0.793. The van der Waals surface area contributed by atoms with E-state index in [1.165, 1.54) is 19.3 Å². The summed E-state index contributed by atoms with van der Waals surface area (Å²) in [4.78, 5) is 0. The number of nitrogens with two attached hydrogens (primary N) is 1. The van der Waals surface area contributed by atoms with Crippen molar-refractivity contribution in [1.29, 1.82) is 0 Å². The van der Waals surface area contributed by atoms with Crippen LogP contribution in [0.2, 0.25) is 5.02 Å². The topological polar surface area (TPSA) is 38.0 Å². The van der Waals surface area contributed by atoms with Crippen LogP contribution in [0.25, 0.3) is 0 Å². The predicted octanol–water partition coefficient (Wildman–Crippen LogP) is 4.16. The Morgan fingerprint density at radius 2 is 2.18 bits per heavy atom. The minimum absolute atomic E-state index is 0.545. The number of hydrogen-bond acceptors (Lipinski definition) is 2. The number of nitrogen functional groups attached to an aromatic ring is 1. The van der Waals surface area contributed by atoms with Gasteiger partial charge in [0, 0.05) is 11.1 Å². The van der Waals surface area contributed by atoms with Gasteiger partial charge in [0.15, 0.2) is 0 Å². The average molecular weight is 253 g/mol. The average Bonchev–Trinajstić information content (AvgIpc) is 2.64. The summed E-state index contributed by atoms with van der Waals surface area (Å²) in [6.45, 7) is 4.62. The van der Waals surface area contributed by atoms with Crippen LogP contribution in [-0.4, -0.2) is 6.04 Å². The zero-order chi connectivity index (χ0) is 12.4. The van der Waals surface area contributed by atoms with Crippen LogP contribution in [0.3, 0.4) is 0 Å². The molecule has 0 heterocycles. The van der Waals surface area contributed by atoms with Gasteiger partial charge in [0.25, 0.3) is 0 Å². The molecule has 0 aliphatic heterocycles. The Kier molecular flexibility index (Phi) is 3.82. The van der Waals surface area contributed by atoms with Gasteiger partial charge in [-0.15, -0.1) is 0 Å². The highest BCUT2D eigenvalue weighted by Crippen LogP contribution is 2.36. The summed E-state index contributed by atoms with van der Waals surface area (Å²) in [5, 5.41) is 4.26. The molecule has 1 saturated carbocycles. The van der Waals surface area contributed by atoms with E-state index in [9.17, 15) is 0 Å². The smallest absolute Gasteiger partial charge is 0.0577 e. The summed E-state index contributed by atoms with van der Waals surface area (Å²) >= 11 is 5.90. The number of benzene rings is 1. The van der Waals surface area contributed by atoms with Crippen LogP contribution >= 0.6 is 11.6 Å². The van der Waals surface area contributed by atoms with E-state index in [1.807, 2.05) is 12.1 Å². The molecular formula is C14H21ClN2. The van der Waals surface area contributed by atoms with E-state index in [-0.39, 0.29) is 0 Å². The lowest BCUT2D eigenvalue weighted by molar-refractivity contribution is 0.392. The Labute approximate surface area is 109 Å². The second-order valence-electron chi connectivity index (χ2n) is 5.09. The van der Waals surface area contributed by atoms with E-state index < -0.39 is 0 Å². The van der Waals surface area contributed by atoms with Crippen molar-refractivity contribution in [2.45, 2.75) is 39.2 Å². The first-order chi connectivity index (χ1) is 8.11. The van der Waals surface area contributed by atoms with Gasteiger partial charge in [-0.3, -0.25) is 0 Å². The van der Waals surface area contributed by atoms with Crippen molar-refractivity contribution >= 4 is 23.0 Å². The Morgan fingerprint density at radius 3 is 2.76 bits per heavy atom. The Morgan fingerprint density at radius 1 is 1.41 bits per heavy atom. The molecular weight excluding hydrogens is 232 g/mol. The number of hydrogen-bond donors (Lipinski definition) is 2. The van der Waals surface area contributed by atoms with Crippen LogP contribution in [0.1, 0.15) is 33.1 Å². The van der Waals surface area contributed by atoms with E-state index in [4.69, 9.17) is 17.3 Å². The fraction of sp³-hybridized carbons (Fsp3) is 0.571. The number of halogens is 1. The molecule has 2 nitrogen and oxygen atoms in total. The van der Waals surface area contributed by atoms with Crippen molar-refractivity contribution in [3.63, 3.8) is 0 Å². The predicted molar refractivity (Wildman–Crippen MR) is 75.5 cm³/mol. The summed E-state index contributed by atoms with van der Waals surface area (Å²) in [5.41, 5.74) is 7.72. The van der Waals surface area contributed by atoms with Crippen LogP contribution < -0.4 is 11.1 Å². The molecule has 0 bridgehead atoms. The lowest BCUT2D eigenvalue weighted by Gasteiger charge is -2.22. The highest BCUT2D eigenvalue weighted by Gasteiger charge is 2.31. The van der Waals surface area contributed by atoms with Crippen molar-refractivity contribution < 1.29 is 0 Å². The molecule has 3 N–H and O–H groups in total. The zero-order valence-electron chi connectivity index (χ0n) is 10.5. The normalized spacial score (nSPS) is 28.3. The van der Waals surface area contributed by atoms with Crippen LogP contribution in [0.5, 0.6) is 0 Å². The fourth-order valence-corrected chi connectivity index (χ4v) is 3.07. The van der Waals surface area contributed by atoms with Crippen molar-refractivity contribution in [2.75, 3.05) is 11.1 Å². The first kappa shape index (κ1) is 12.6. The molecule has 1 aromatic rings. The summed E-state index contributed by atoms with van der Waals surface area (Å²) in [7, 11) is 0. The highest BCUT2D eigenvalue weighted by atomic mass is 35.5. The molecule has 3 heteroatoms. The van der Waals surface area contributed by atoms with Crippen LogP contribution in [0, 0.1) is 11.8 Å². The van der Waals surface area contributed by atoms with E-state index in [2.05, 4.69) is 19.2 Å². The maximum Gasteiger partial charge on any atom is 0.0577 e. The number of rotatable bonds is 3. The summed E-state index contributed by atoms with van der Waals surface area (Å²) in [6, 6.07) is 6.21. The first-order valence-electron chi connectivity index (χ1n) is 6.43. The van der Waals surface area contributed by atoms with Gasteiger partial charge in [0.2, 0.25) is 0 Å². The molecule has 17 heavy (non-hydrogen) atoms. The third kappa shape index (κ3) is 2.68. The standard InChI is InChI=1S/C14H21ClN2/c1-3-10-4-6-13(9(10)2)17-14-7-5-11(15)8-12(14)16/h5,7-10,13,17H,3-4,6,16H2,1-2H3. The molecule has 2 rings (SSSR count). The maximum atomic E-state index is 5.97. The lowest BCUT2D eigenvalue weighted by Crippen LogP contribution is -2.25. The van der Waals surface area contributed by atoms with Gasteiger partial charge in [-0.1, -0.05) is 31.9 Å². The highest BCUT2D eigenvalue weighted by molar-refractivity contribution is 6.31. The molecule has 3 unspecified atom stereocenters. The van der Waals surface area contributed by atoms with E-state index in [0.29, 0.717) is 11.1 Å². The Balaban J connectivity index is 2.06. The van der Waals surface area contributed by atoms with E-state index in [1.54, 1.807) is 6.07 Å². The molecule has 3 atom stereocenters. The molecule has 0 spiro atoms. The minimum atomic E-state index is 0.545. The third-order valence-corrected chi connectivity index (χ3v) is 4.34. The molecule has 0 aromatic heterocycles. The number of anilines is 2. The van der Waals surface area contributed by atoms with Gasteiger partial charge in [0.05, 0.1) is 11.4 Å². The Hall–Kier alpha value is -0.890. The molecule has 1 fully saturated rings. The molecule has 94 valence electrons. The van der Waals surface area contributed by atoms with Crippen LogP contribution in [0.4, 0.5) is 11.4 Å². The maximum absolute atomic E-state index is 5.97. The van der Waals surface area contributed by atoms with Crippen molar-refractivity contribution in [1.82, 2.24) is 0 Å².